The maximum absolute atomic E-state index is 13.1. The number of likely N-dealkylation sites (N-methyl/N-ethyl adjacent to an activating group) is 2. The van der Waals surface area contributed by atoms with E-state index in [1.807, 2.05) is 36.1 Å². The maximum Gasteiger partial charge on any atom is 0.416 e. The average Bonchev–Trinajstić information content (AvgIpc) is 3.62. The van der Waals surface area contributed by atoms with Crippen molar-refractivity contribution < 1.29 is 32.3 Å². The fourth-order valence-corrected chi connectivity index (χ4v) is 5.87. The average molecular weight is 746 g/mol. The first kappa shape index (κ1) is 39.8. The third-order valence-electron chi connectivity index (χ3n) is 8.39. The van der Waals surface area contributed by atoms with E-state index in [0.717, 1.165) is 60.7 Å². The Labute approximate surface area is 305 Å². The molecule has 0 bridgehead atoms. The largest absolute Gasteiger partial charge is 0.416 e. The molecular weight excluding hydrogens is 703 g/mol. The zero-order chi connectivity index (χ0) is 37.8. The standard InChI is InChI=1S/C24H32N6O3.C11H11ClF3N3O/c1-3-21(27-28(2)16-18-5-12-33-13-6-18)22(17-31)29-8-10-30(11-9-29)24(32)20-15-25-14-19-4-7-26-23(19)20;1-16-18(2)6-10(19)17-9-4-3-7(5-8(9)12)11(13,14)15/h4-5,7,14-15,17,26-27H,3,6,8-13,16H2,1-2H3;3-5H,1,6H2,2H3,(H,17,19)/b22-21+;. The number of aldehydes is 1. The monoisotopic (exact) mass is 745 g/mol. The molecule has 13 nitrogen and oxygen atoms in total. The Morgan fingerprint density at radius 3 is 2.50 bits per heavy atom. The SMILES string of the molecule is C=NN(C)CC(=O)Nc1ccc(C(F)(F)F)cc1Cl.CC/C(NN(C)CC1=CCOCC1)=C(/C=O)N1CCN(C(=O)c2cncc3cc[nH]c23)CC1. The summed E-state index contributed by atoms with van der Waals surface area (Å²) < 4.78 is 42.6. The molecule has 3 N–H and O–H groups in total. The number of hydrogen-bond donors (Lipinski definition) is 3. The molecule has 52 heavy (non-hydrogen) atoms. The Balaban J connectivity index is 0.000000272. The van der Waals surface area contributed by atoms with Crippen molar-refractivity contribution >= 4 is 53.0 Å². The molecule has 4 heterocycles. The molecule has 2 aliphatic heterocycles. The number of piperazine rings is 1. The summed E-state index contributed by atoms with van der Waals surface area (Å²) in [4.78, 5) is 47.9. The highest BCUT2D eigenvalue weighted by Crippen LogP contribution is 2.33. The summed E-state index contributed by atoms with van der Waals surface area (Å²) in [6, 6.07) is 4.61. The van der Waals surface area contributed by atoms with Gasteiger partial charge in [0.05, 0.1) is 52.0 Å². The number of allylic oxidation sites excluding steroid dienone is 2. The number of amides is 2. The van der Waals surface area contributed by atoms with Crippen molar-refractivity contribution in [3.05, 3.63) is 82.0 Å². The summed E-state index contributed by atoms with van der Waals surface area (Å²) in [6.07, 6.45) is 5.39. The lowest BCUT2D eigenvalue weighted by Crippen LogP contribution is -2.49. The van der Waals surface area contributed by atoms with Crippen molar-refractivity contribution in [3.63, 3.8) is 0 Å². The number of carbonyl (C=O) groups is 3. The molecule has 280 valence electrons. The van der Waals surface area contributed by atoms with Crippen LogP contribution in [0.1, 0.15) is 35.7 Å². The summed E-state index contributed by atoms with van der Waals surface area (Å²) in [6.45, 7) is 9.68. The minimum atomic E-state index is -4.47. The second kappa shape index (κ2) is 18.5. The molecule has 0 spiro atoms. The Kier molecular flexibility index (Phi) is 14.2. The van der Waals surface area contributed by atoms with Gasteiger partial charge in [-0.2, -0.15) is 18.3 Å². The van der Waals surface area contributed by atoms with Crippen LogP contribution in [0.25, 0.3) is 10.9 Å². The lowest BCUT2D eigenvalue weighted by Gasteiger charge is -2.37. The highest BCUT2D eigenvalue weighted by atomic mass is 35.5. The lowest BCUT2D eigenvalue weighted by atomic mass is 10.1. The number of rotatable bonds is 12. The third kappa shape index (κ3) is 10.8. The van der Waals surface area contributed by atoms with Gasteiger partial charge in [0.2, 0.25) is 5.91 Å². The second-order valence-corrected chi connectivity index (χ2v) is 12.5. The van der Waals surface area contributed by atoms with Crippen LogP contribution in [-0.2, 0) is 20.5 Å². The minimum absolute atomic E-state index is 0.0369. The van der Waals surface area contributed by atoms with Crippen LogP contribution in [0.3, 0.4) is 0 Å². The number of alkyl halides is 3. The van der Waals surface area contributed by atoms with Crippen LogP contribution in [0, 0.1) is 0 Å². The summed E-state index contributed by atoms with van der Waals surface area (Å²) >= 11 is 5.69. The normalized spacial score (nSPS) is 15.3. The number of hydrogen-bond acceptors (Lipinski definition) is 10. The first-order valence-electron chi connectivity index (χ1n) is 16.6. The van der Waals surface area contributed by atoms with Crippen LogP contribution >= 0.6 is 11.6 Å². The molecule has 2 amide bonds. The zero-order valence-electron chi connectivity index (χ0n) is 29.3. The predicted octanol–water partition coefficient (Wildman–Crippen LogP) is 4.77. The number of nitrogens with one attached hydrogen (secondary N) is 3. The topological polar surface area (TPSA) is 138 Å². The third-order valence-corrected chi connectivity index (χ3v) is 8.70. The summed E-state index contributed by atoms with van der Waals surface area (Å²) in [5.41, 5.74) is 6.91. The van der Waals surface area contributed by atoms with Gasteiger partial charge < -0.3 is 30.3 Å². The van der Waals surface area contributed by atoms with Crippen LogP contribution in [0.15, 0.2) is 71.0 Å². The number of aromatic nitrogens is 2. The van der Waals surface area contributed by atoms with Gasteiger partial charge in [0, 0.05) is 77.5 Å². The number of nitrogens with zero attached hydrogens (tertiary/aromatic N) is 6. The van der Waals surface area contributed by atoms with Crippen molar-refractivity contribution in [1.82, 2.24) is 35.2 Å². The van der Waals surface area contributed by atoms with Crippen molar-refractivity contribution in [3.8, 4) is 0 Å². The van der Waals surface area contributed by atoms with E-state index in [-0.39, 0.29) is 23.2 Å². The summed E-state index contributed by atoms with van der Waals surface area (Å²) in [7, 11) is 3.52. The number of ether oxygens (including phenoxy) is 1. The summed E-state index contributed by atoms with van der Waals surface area (Å²) in [5, 5.41) is 9.89. The van der Waals surface area contributed by atoms with E-state index in [0.29, 0.717) is 50.5 Å². The van der Waals surface area contributed by atoms with Gasteiger partial charge >= 0.3 is 6.18 Å². The number of fused-ring (bicyclic) bond motifs is 1. The van der Waals surface area contributed by atoms with Gasteiger partial charge in [0.25, 0.3) is 5.91 Å². The van der Waals surface area contributed by atoms with Gasteiger partial charge in [-0.15, -0.1) is 0 Å². The first-order valence-corrected chi connectivity index (χ1v) is 16.9. The Morgan fingerprint density at radius 1 is 1.15 bits per heavy atom. The van der Waals surface area contributed by atoms with E-state index in [2.05, 4.69) is 43.5 Å². The van der Waals surface area contributed by atoms with Crippen LogP contribution < -0.4 is 10.7 Å². The number of benzene rings is 1. The highest BCUT2D eigenvalue weighted by Gasteiger charge is 2.31. The van der Waals surface area contributed by atoms with E-state index in [9.17, 15) is 27.6 Å². The molecule has 1 fully saturated rings. The first-order chi connectivity index (χ1) is 24.8. The molecular formula is C35H43ClF3N9O4. The van der Waals surface area contributed by atoms with Gasteiger partial charge in [0.1, 0.15) is 6.54 Å². The van der Waals surface area contributed by atoms with Crippen molar-refractivity contribution in [2.24, 2.45) is 5.10 Å². The van der Waals surface area contributed by atoms with E-state index >= 15 is 0 Å². The maximum atomic E-state index is 13.1. The second-order valence-electron chi connectivity index (χ2n) is 12.1. The molecule has 1 saturated heterocycles. The predicted molar refractivity (Wildman–Crippen MR) is 193 cm³/mol. The molecule has 2 aromatic heterocycles. The quantitative estimate of drug-likeness (QED) is 0.0788. The van der Waals surface area contributed by atoms with Crippen LogP contribution in [0.4, 0.5) is 18.9 Å². The van der Waals surface area contributed by atoms with Crippen molar-refractivity contribution in [2.75, 3.05) is 71.9 Å². The number of pyridine rings is 1. The number of anilines is 1. The van der Waals surface area contributed by atoms with Gasteiger partial charge in [0.15, 0.2) is 6.29 Å². The molecule has 0 unspecified atom stereocenters. The zero-order valence-corrected chi connectivity index (χ0v) is 30.1. The molecule has 5 rings (SSSR count). The fraction of sp³-hybridized carbons (Fsp3) is 0.400. The van der Waals surface area contributed by atoms with E-state index in [1.165, 1.54) is 17.6 Å². The smallest absolute Gasteiger partial charge is 0.377 e. The number of aromatic amines is 1. The van der Waals surface area contributed by atoms with E-state index in [1.54, 1.807) is 12.4 Å². The fourth-order valence-electron chi connectivity index (χ4n) is 5.64. The van der Waals surface area contributed by atoms with Gasteiger partial charge in [-0.25, -0.2) is 5.01 Å². The highest BCUT2D eigenvalue weighted by molar-refractivity contribution is 6.33. The van der Waals surface area contributed by atoms with E-state index in [4.69, 9.17) is 16.3 Å². The molecule has 0 atom stereocenters. The number of hydrazone groups is 1. The molecule has 3 aromatic rings. The number of halogens is 4. The molecule has 0 aliphatic carbocycles. The summed E-state index contributed by atoms with van der Waals surface area (Å²) in [5.74, 6) is -0.498. The molecule has 1 aromatic carbocycles. The number of H-pyrrole nitrogens is 1. The van der Waals surface area contributed by atoms with E-state index < -0.39 is 17.6 Å². The Bertz CT molecular complexity index is 1790. The van der Waals surface area contributed by atoms with Crippen LogP contribution in [0.5, 0.6) is 0 Å². The minimum Gasteiger partial charge on any atom is -0.377 e. The van der Waals surface area contributed by atoms with Gasteiger partial charge in [-0.1, -0.05) is 30.2 Å². The Morgan fingerprint density at radius 2 is 1.88 bits per heavy atom. The molecule has 0 saturated carbocycles. The number of hydrazine groups is 1. The van der Waals surface area contributed by atoms with Crippen LogP contribution in [-0.4, -0.2) is 121 Å². The molecule has 2 aliphatic rings. The molecule has 17 heteroatoms. The van der Waals surface area contributed by atoms with Gasteiger partial charge in [-0.05, 0) is 37.1 Å². The molecule has 0 radical (unpaired) electrons. The van der Waals surface area contributed by atoms with Gasteiger partial charge in [-0.3, -0.25) is 24.4 Å². The number of carbonyl (C=O) groups excluding carboxylic acids is 3. The van der Waals surface area contributed by atoms with Crippen molar-refractivity contribution in [1.29, 1.82) is 0 Å². The lowest BCUT2D eigenvalue weighted by molar-refractivity contribution is -0.137. The van der Waals surface area contributed by atoms with Crippen LogP contribution in [0.2, 0.25) is 5.02 Å². The Hall–Kier alpha value is -4.93. The van der Waals surface area contributed by atoms with Crippen molar-refractivity contribution in [2.45, 2.75) is 25.9 Å².